The summed E-state index contributed by atoms with van der Waals surface area (Å²) in [4.78, 5) is 11.3. The van der Waals surface area contributed by atoms with Crippen molar-refractivity contribution in [3.8, 4) is 0 Å². The average Bonchev–Trinajstić information content (AvgIpc) is 2.20. The molecule has 0 heterocycles. The molecule has 0 aliphatic heterocycles. The van der Waals surface area contributed by atoms with Gasteiger partial charge in [-0.1, -0.05) is 41.9 Å². The lowest BCUT2D eigenvalue weighted by Crippen LogP contribution is -2.29. The van der Waals surface area contributed by atoms with Crippen LogP contribution in [0.3, 0.4) is 0 Å². The maximum absolute atomic E-state index is 11.3. The van der Waals surface area contributed by atoms with E-state index in [2.05, 4.69) is 33.4 Å². The van der Waals surface area contributed by atoms with Crippen LogP contribution in [0.1, 0.15) is 19.4 Å². The Morgan fingerprint density at radius 1 is 1.33 bits per heavy atom. The van der Waals surface area contributed by atoms with Gasteiger partial charge < -0.3 is 5.32 Å². The van der Waals surface area contributed by atoms with Crippen molar-refractivity contribution in [2.45, 2.75) is 20.3 Å². The molecule has 0 radical (unpaired) electrons. The van der Waals surface area contributed by atoms with Crippen LogP contribution in [-0.2, 0) is 11.2 Å². The van der Waals surface area contributed by atoms with Crippen molar-refractivity contribution in [3.05, 3.63) is 34.3 Å². The fourth-order valence-corrected chi connectivity index (χ4v) is 1.45. The van der Waals surface area contributed by atoms with Crippen molar-refractivity contribution < 1.29 is 4.79 Å². The fourth-order valence-electron chi connectivity index (χ4n) is 1.19. The van der Waals surface area contributed by atoms with Crippen molar-refractivity contribution in [1.29, 1.82) is 0 Å². The summed E-state index contributed by atoms with van der Waals surface area (Å²) in [5.74, 6) is 0.182. The van der Waals surface area contributed by atoms with Gasteiger partial charge in [0.1, 0.15) is 0 Å². The molecule has 0 saturated heterocycles. The summed E-state index contributed by atoms with van der Waals surface area (Å²) < 4.78 is 1.08. The Morgan fingerprint density at radius 2 is 1.93 bits per heavy atom. The number of benzene rings is 1. The number of carbonyl (C=O) groups excluding carboxylic acids is 1. The topological polar surface area (TPSA) is 29.1 Å². The van der Waals surface area contributed by atoms with E-state index in [1.165, 1.54) is 5.56 Å². The Hall–Kier alpha value is -0.830. The van der Waals surface area contributed by atoms with Gasteiger partial charge in [0.15, 0.2) is 0 Å². The second-order valence-corrected chi connectivity index (χ2v) is 4.74. The minimum Gasteiger partial charge on any atom is -0.356 e. The van der Waals surface area contributed by atoms with Crippen molar-refractivity contribution in [1.82, 2.24) is 5.32 Å². The Balaban J connectivity index is 2.32. The summed E-state index contributed by atoms with van der Waals surface area (Å²) in [5, 5.41) is 2.89. The second-order valence-electron chi connectivity index (χ2n) is 3.82. The third kappa shape index (κ3) is 4.47. The number of halogens is 1. The molecule has 0 aromatic heterocycles. The fraction of sp³-hybridized carbons (Fsp3) is 0.417. The maximum atomic E-state index is 11.3. The first kappa shape index (κ1) is 12.2. The van der Waals surface area contributed by atoms with E-state index in [1.54, 1.807) is 0 Å². The quantitative estimate of drug-likeness (QED) is 0.895. The van der Waals surface area contributed by atoms with E-state index in [0.717, 1.165) is 10.9 Å². The molecule has 0 saturated carbocycles. The summed E-state index contributed by atoms with van der Waals surface area (Å²) in [5.41, 5.74) is 1.24. The molecule has 1 rings (SSSR count). The second kappa shape index (κ2) is 5.91. The van der Waals surface area contributed by atoms with E-state index in [0.29, 0.717) is 6.54 Å². The highest BCUT2D eigenvalue weighted by atomic mass is 79.9. The van der Waals surface area contributed by atoms with Gasteiger partial charge in [0.05, 0.1) is 0 Å². The molecule has 0 unspecified atom stereocenters. The lowest BCUT2D eigenvalue weighted by atomic mass is 10.1. The van der Waals surface area contributed by atoms with Crippen molar-refractivity contribution in [3.63, 3.8) is 0 Å². The first-order chi connectivity index (χ1) is 7.09. The highest BCUT2D eigenvalue weighted by molar-refractivity contribution is 9.10. The first-order valence-corrected chi connectivity index (χ1v) is 5.91. The average molecular weight is 270 g/mol. The molecule has 0 spiro atoms. The number of hydrogen-bond donors (Lipinski definition) is 1. The summed E-state index contributed by atoms with van der Waals surface area (Å²) in [6, 6.07) is 8.15. The molecule has 1 aromatic rings. The van der Waals surface area contributed by atoms with E-state index in [-0.39, 0.29) is 11.8 Å². The largest absolute Gasteiger partial charge is 0.356 e. The third-order valence-electron chi connectivity index (χ3n) is 2.15. The molecular formula is C12H16BrNO. The zero-order chi connectivity index (χ0) is 11.3. The van der Waals surface area contributed by atoms with Gasteiger partial charge in [-0.25, -0.2) is 0 Å². The lowest BCUT2D eigenvalue weighted by molar-refractivity contribution is -0.123. The maximum Gasteiger partial charge on any atom is 0.222 e. The molecule has 0 bridgehead atoms. The van der Waals surface area contributed by atoms with Gasteiger partial charge in [-0.3, -0.25) is 4.79 Å². The van der Waals surface area contributed by atoms with Crippen LogP contribution in [0.4, 0.5) is 0 Å². The standard InChI is InChI=1S/C12H16BrNO/c1-9(2)12(15)14-8-7-10-3-5-11(13)6-4-10/h3-6,9H,7-8H2,1-2H3,(H,14,15). The zero-order valence-electron chi connectivity index (χ0n) is 9.09. The molecular weight excluding hydrogens is 254 g/mol. The normalized spacial score (nSPS) is 10.4. The molecule has 1 N–H and O–H groups in total. The summed E-state index contributed by atoms with van der Waals surface area (Å²) in [7, 11) is 0. The van der Waals surface area contributed by atoms with Crippen LogP contribution in [0.2, 0.25) is 0 Å². The molecule has 1 amide bonds. The predicted molar refractivity (Wildman–Crippen MR) is 65.7 cm³/mol. The summed E-state index contributed by atoms with van der Waals surface area (Å²) in [6.07, 6.45) is 0.881. The number of nitrogens with one attached hydrogen (secondary N) is 1. The molecule has 2 nitrogen and oxygen atoms in total. The van der Waals surface area contributed by atoms with Crippen molar-refractivity contribution in [2.75, 3.05) is 6.54 Å². The number of hydrogen-bond acceptors (Lipinski definition) is 1. The van der Waals surface area contributed by atoms with Gasteiger partial charge in [0, 0.05) is 16.9 Å². The van der Waals surface area contributed by atoms with Gasteiger partial charge in [-0.2, -0.15) is 0 Å². The minimum absolute atomic E-state index is 0.0647. The van der Waals surface area contributed by atoms with Crippen molar-refractivity contribution >= 4 is 21.8 Å². The number of rotatable bonds is 4. The zero-order valence-corrected chi connectivity index (χ0v) is 10.7. The van der Waals surface area contributed by atoms with Crippen LogP contribution >= 0.6 is 15.9 Å². The van der Waals surface area contributed by atoms with Gasteiger partial charge in [-0.15, -0.1) is 0 Å². The first-order valence-electron chi connectivity index (χ1n) is 5.11. The minimum atomic E-state index is 0.0647. The van der Waals surface area contributed by atoms with Gasteiger partial charge in [0.25, 0.3) is 0 Å². The van der Waals surface area contributed by atoms with Gasteiger partial charge in [0.2, 0.25) is 5.91 Å². The van der Waals surface area contributed by atoms with E-state index >= 15 is 0 Å². The Morgan fingerprint density at radius 3 is 2.47 bits per heavy atom. The van der Waals surface area contributed by atoms with Crippen LogP contribution in [0, 0.1) is 5.92 Å². The van der Waals surface area contributed by atoms with Crippen LogP contribution in [0.5, 0.6) is 0 Å². The monoisotopic (exact) mass is 269 g/mol. The Kier molecular flexibility index (Phi) is 4.82. The van der Waals surface area contributed by atoms with Crippen LogP contribution in [0.15, 0.2) is 28.7 Å². The van der Waals surface area contributed by atoms with Crippen LogP contribution < -0.4 is 5.32 Å². The van der Waals surface area contributed by atoms with E-state index in [1.807, 2.05) is 26.0 Å². The predicted octanol–water partition coefficient (Wildman–Crippen LogP) is 2.76. The molecule has 1 aromatic carbocycles. The Labute approximate surface area is 99.2 Å². The Bertz CT molecular complexity index is 319. The lowest BCUT2D eigenvalue weighted by Gasteiger charge is -2.07. The van der Waals surface area contributed by atoms with Gasteiger partial charge >= 0.3 is 0 Å². The number of amides is 1. The molecule has 82 valence electrons. The summed E-state index contributed by atoms with van der Waals surface area (Å²) in [6.45, 7) is 4.50. The molecule has 3 heteroatoms. The van der Waals surface area contributed by atoms with Crippen LogP contribution in [-0.4, -0.2) is 12.5 Å². The molecule has 15 heavy (non-hydrogen) atoms. The van der Waals surface area contributed by atoms with E-state index < -0.39 is 0 Å². The SMILES string of the molecule is CC(C)C(=O)NCCc1ccc(Br)cc1. The molecule has 0 aliphatic rings. The molecule has 0 atom stereocenters. The third-order valence-corrected chi connectivity index (χ3v) is 2.68. The number of carbonyl (C=O) groups is 1. The summed E-state index contributed by atoms with van der Waals surface area (Å²) >= 11 is 3.39. The highest BCUT2D eigenvalue weighted by Gasteiger charge is 2.04. The van der Waals surface area contributed by atoms with E-state index in [4.69, 9.17) is 0 Å². The molecule has 0 aliphatic carbocycles. The smallest absolute Gasteiger partial charge is 0.222 e. The van der Waals surface area contributed by atoms with Crippen molar-refractivity contribution in [2.24, 2.45) is 5.92 Å². The van der Waals surface area contributed by atoms with Gasteiger partial charge in [-0.05, 0) is 24.1 Å². The van der Waals surface area contributed by atoms with E-state index in [9.17, 15) is 4.79 Å². The van der Waals surface area contributed by atoms with Crippen LogP contribution in [0.25, 0.3) is 0 Å². The molecule has 0 fully saturated rings. The highest BCUT2D eigenvalue weighted by Crippen LogP contribution is 2.10.